The quantitative estimate of drug-likeness (QED) is 0.378. The average Bonchev–Trinajstić information content (AvgIpc) is 2.20. The topological polar surface area (TPSA) is 47.9 Å². The highest BCUT2D eigenvalue weighted by molar-refractivity contribution is 5.33. The predicted octanol–water partition coefficient (Wildman–Crippen LogP) is 1.25. The van der Waals surface area contributed by atoms with Gasteiger partial charge in [0, 0.05) is 27.1 Å². The van der Waals surface area contributed by atoms with Gasteiger partial charge in [-0.1, -0.05) is 0 Å². The third kappa shape index (κ3) is 2.37. The van der Waals surface area contributed by atoms with Gasteiger partial charge < -0.3 is 9.47 Å². The molecule has 0 amide bonds. The number of hydrogen-bond acceptors (Lipinski definition) is 4. The summed E-state index contributed by atoms with van der Waals surface area (Å²) in [6.07, 6.45) is 4.83. The maximum atomic E-state index is 10.0. The summed E-state index contributed by atoms with van der Waals surface area (Å²) in [5, 5.41) is 0. The van der Waals surface area contributed by atoms with Crippen LogP contribution in [-0.4, -0.2) is 32.1 Å². The van der Waals surface area contributed by atoms with Gasteiger partial charge in [-0.15, -0.1) is 0 Å². The number of rotatable bonds is 3. The molecule has 0 radical (unpaired) electrons. The van der Waals surface area contributed by atoms with Crippen molar-refractivity contribution in [3.05, 3.63) is 0 Å². The minimum atomic E-state index is -0.449. The molecular formula is C9H15NO3. The van der Waals surface area contributed by atoms with E-state index in [0.717, 1.165) is 25.7 Å². The van der Waals surface area contributed by atoms with Crippen molar-refractivity contribution in [1.29, 1.82) is 0 Å². The lowest BCUT2D eigenvalue weighted by molar-refractivity contribution is -0.224. The second-order valence-corrected chi connectivity index (χ2v) is 3.27. The number of nitrogens with zero attached hydrogens (tertiary/aromatic N) is 1. The molecule has 1 fully saturated rings. The first-order valence-corrected chi connectivity index (χ1v) is 4.43. The fraction of sp³-hybridized carbons (Fsp3) is 0.889. The molecule has 4 heteroatoms. The van der Waals surface area contributed by atoms with Gasteiger partial charge in [0.25, 0.3) is 0 Å². The van der Waals surface area contributed by atoms with E-state index >= 15 is 0 Å². The van der Waals surface area contributed by atoms with Gasteiger partial charge in [-0.3, -0.25) is 0 Å². The highest BCUT2D eigenvalue weighted by Gasteiger charge is 2.35. The molecule has 0 atom stereocenters. The molecule has 0 heterocycles. The number of isocyanates is 1. The van der Waals surface area contributed by atoms with E-state index in [1.54, 1.807) is 20.3 Å². The van der Waals surface area contributed by atoms with E-state index in [2.05, 4.69) is 4.99 Å². The Hall–Kier alpha value is -0.700. The van der Waals surface area contributed by atoms with Gasteiger partial charge in [-0.05, 0) is 12.8 Å². The number of aliphatic imine (C=N–C) groups is 1. The van der Waals surface area contributed by atoms with E-state index in [9.17, 15) is 4.79 Å². The zero-order chi connectivity index (χ0) is 9.73. The zero-order valence-corrected chi connectivity index (χ0v) is 8.08. The van der Waals surface area contributed by atoms with Gasteiger partial charge in [-0.2, -0.15) is 0 Å². The SMILES string of the molecule is COC1(OC)CCC(N=C=O)CC1. The molecule has 13 heavy (non-hydrogen) atoms. The maximum absolute atomic E-state index is 10.0. The molecule has 0 unspecified atom stereocenters. The Morgan fingerprint density at radius 1 is 1.31 bits per heavy atom. The van der Waals surface area contributed by atoms with Gasteiger partial charge in [0.1, 0.15) is 0 Å². The minimum Gasteiger partial charge on any atom is -0.353 e. The largest absolute Gasteiger partial charge is 0.353 e. The minimum absolute atomic E-state index is 0.107. The van der Waals surface area contributed by atoms with Crippen molar-refractivity contribution >= 4 is 6.08 Å². The lowest BCUT2D eigenvalue weighted by Crippen LogP contribution is -2.38. The summed E-state index contributed by atoms with van der Waals surface area (Å²) in [5.74, 6) is -0.449. The molecule has 0 bridgehead atoms. The highest BCUT2D eigenvalue weighted by atomic mass is 16.7. The van der Waals surface area contributed by atoms with Crippen LogP contribution in [0.25, 0.3) is 0 Å². The van der Waals surface area contributed by atoms with E-state index in [0.29, 0.717) is 0 Å². The monoisotopic (exact) mass is 185 g/mol. The number of carbonyl (C=O) groups excluding carboxylic acids is 1. The van der Waals surface area contributed by atoms with E-state index in [-0.39, 0.29) is 6.04 Å². The molecule has 0 aromatic carbocycles. The Balaban J connectivity index is 2.49. The van der Waals surface area contributed by atoms with E-state index in [1.165, 1.54) is 0 Å². The van der Waals surface area contributed by atoms with Crippen LogP contribution in [0.1, 0.15) is 25.7 Å². The van der Waals surface area contributed by atoms with E-state index in [1.807, 2.05) is 0 Å². The Labute approximate surface area is 77.9 Å². The first-order valence-electron chi connectivity index (χ1n) is 4.43. The summed E-state index contributed by atoms with van der Waals surface area (Å²) >= 11 is 0. The Bertz CT molecular complexity index is 197. The summed E-state index contributed by atoms with van der Waals surface area (Å²) in [4.78, 5) is 13.7. The summed E-state index contributed by atoms with van der Waals surface area (Å²) in [7, 11) is 3.29. The lowest BCUT2D eigenvalue weighted by atomic mass is 9.90. The van der Waals surface area contributed by atoms with Crippen LogP contribution in [0.15, 0.2) is 4.99 Å². The van der Waals surface area contributed by atoms with Gasteiger partial charge in [-0.25, -0.2) is 9.79 Å². The number of methoxy groups -OCH3 is 2. The summed E-state index contributed by atoms with van der Waals surface area (Å²) in [5.41, 5.74) is 0. The van der Waals surface area contributed by atoms with Crippen LogP contribution in [-0.2, 0) is 14.3 Å². The maximum Gasteiger partial charge on any atom is 0.235 e. The molecule has 0 aromatic rings. The van der Waals surface area contributed by atoms with Crippen LogP contribution in [0.4, 0.5) is 0 Å². The highest BCUT2D eigenvalue weighted by Crippen LogP contribution is 2.32. The third-order valence-corrected chi connectivity index (χ3v) is 2.70. The molecule has 0 aliphatic heterocycles. The van der Waals surface area contributed by atoms with Crippen molar-refractivity contribution in [1.82, 2.24) is 0 Å². The van der Waals surface area contributed by atoms with Crippen molar-refractivity contribution in [2.24, 2.45) is 4.99 Å². The van der Waals surface area contributed by atoms with Crippen LogP contribution >= 0.6 is 0 Å². The first kappa shape index (κ1) is 10.4. The molecule has 0 spiro atoms. The standard InChI is InChI=1S/C9H15NO3/c1-12-9(13-2)5-3-8(4-6-9)10-7-11/h8H,3-6H2,1-2H3. The first-order chi connectivity index (χ1) is 6.26. The number of ether oxygens (including phenoxy) is 2. The summed E-state index contributed by atoms with van der Waals surface area (Å²) < 4.78 is 10.6. The smallest absolute Gasteiger partial charge is 0.235 e. The van der Waals surface area contributed by atoms with Crippen molar-refractivity contribution in [2.45, 2.75) is 37.5 Å². The van der Waals surface area contributed by atoms with Gasteiger partial charge in [0.2, 0.25) is 6.08 Å². The third-order valence-electron chi connectivity index (χ3n) is 2.70. The van der Waals surface area contributed by atoms with Crippen molar-refractivity contribution in [3.63, 3.8) is 0 Å². The molecule has 0 saturated heterocycles. The normalized spacial score (nSPS) is 22.3. The summed E-state index contributed by atoms with van der Waals surface area (Å²) in [6.45, 7) is 0. The van der Waals surface area contributed by atoms with Crippen molar-refractivity contribution in [3.8, 4) is 0 Å². The Morgan fingerprint density at radius 3 is 2.23 bits per heavy atom. The average molecular weight is 185 g/mol. The van der Waals surface area contributed by atoms with Crippen LogP contribution in [0.5, 0.6) is 0 Å². The van der Waals surface area contributed by atoms with Crippen molar-refractivity contribution in [2.75, 3.05) is 14.2 Å². The zero-order valence-electron chi connectivity index (χ0n) is 8.08. The molecule has 1 saturated carbocycles. The Morgan fingerprint density at radius 2 is 1.85 bits per heavy atom. The molecule has 0 N–H and O–H groups in total. The fourth-order valence-electron chi connectivity index (χ4n) is 1.74. The lowest BCUT2D eigenvalue weighted by Gasteiger charge is -2.36. The summed E-state index contributed by atoms with van der Waals surface area (Å²) in [6, 6.07) is 0.107. The van der Waals surface area contributed by atoms with Crippen molar-refractivity contribution < 1.29 is 14.3 Å². The molecular weight excluding hydrogens is 170 g/mol. The van der Waals surface area contributed by atoms with Crippen LogP contribution < -0.4 is 0 Å². The molecule has 1 rings (SSSR count). The van der Waals surface area contributed by atoms with E-state index < -0.39 is 5.79 Å². The van der Waals surface area contributed by atoms with Crippen LogP contribution in [0, 0.1) is 0 Å². The fourth-order valence-corrected chi connectivity index (χ4v) is 1.74. The van der Waals surface area contributed by atoms with Crippen LogP contribution in [0.2, 0.25) is 0 Å². The molecule has 74 valence electrons. The van der Waals surface area contributed by atoms with Gasteiger partial charge in [0.15, 0.2) is 5.79 Å². The molecule has 1 aliphatic rings. The van der Waals surface area contributed by atoms with Gasteiger partial charge in [0.05, 0.1) is 6.04 Å². The Kier molecular flexibility index (Phi) is 3.60. The molecule has 1 aliphatic carbocycles. The van der Waals surface area contributed by atoms with E-state index in [4.69, 9.17) is 9.47 Å². The van der Waals surface area contributed by atoms with Gasteiger partial charge >= 0.3 is 0 Å². The second kappa shape index (κ2) is 4.51. The second-order valence-electron chi connectivity index (χ2n) is 3.27. The molecule has 0 aromatic heterocycles. The molecule has 4 nitrogen and oxygen atoms in total. The number of hydrogen-bond donors (Lipinski definition) is 0. The van der Waals surface area contributed by atoms with Crippen LogP contribution in [0.3, 0.4) is 0 Å². The predicted molar refractivity (Wildman–Crippen MR) is 47.1 cm³/mol.